The Morgan fingerprint density at radius 2 is 2.11 bits per heavy atom. The number of thiazole rings is 1. The van der Waals surface area contributed by atoms with Gasteiger partial charge < -0.3 is 4.74 Å². The quantitative estimate of drug-likeness (QED) is 0.597. The van der Waals surface area contributed by atoms with Gasteiger partial charge in [0.25, 0.3) is 0 Å². The second kappa shape index (κ2) is 7.33. The maximum atomic E-state index is 5.72. The molecule has 0 aliphatic carbocycles. The van der Waals surface area contributed by atoms with Crippen molar-refractivity contribution in [3.05, 3.63) is 16.1 Å². The van der Waals surface area contributed by atoms with Gasteiger partial charge in [0.2, 0.25) is 0 Å². The molecule has 0 saturated heterocycles. The molecule has 3 N–H and O–H groups in total. The minimum atomic E-state index is 0.102. The van der Waals surface area contributed by atoms with Crippen LogP contribution in [0.25, 0.3) is 0 Å². The zero-order chi connectivity index (χ0) is 14.5. The van der Waals surface area contributed by atoms with E-state index in [1.54, 1.807) is 11.3 Å². The molecule has 1 rings (SSSR count). The van der Waals surface area contributed by atoms with E-state index >= 15 is 0 Å². The zero-order valence-corrected chi connectivity index (χ0v) is 13.5. The Labute approximate surface area is 120 Å². The zero-order valence-electron chi connectivity index (χ0n) is 12.7. The van der Waals surface area contributed by atoms with Crippen LogP contribution in [-0.4, -0.2) is 23.7 Å². The molecule has 0 aliphatic rings. The van der Waals surface area contributed by atoms with Crippen LogP contribution in [0.2, 0.25) is 0 Å². The molecule has 2 unspecified atom stereocenters. The molecule has 0 radical (unpaired) electrons. The molecule has 4 nitrogen and oxygen atoms in total. The number of hydrazine groups is 1. The number of rotatable bonds is 7. The second-order valence-corrected chi connectivity index (χ2v) is 6.70. The summed E-state index contributed by atoms with van der Waals surface area (Å²) in [4.78, 5) is 4.71. The first-order valence-corrected chi connectivity index (χ1v) is 7.82. The average molecular weight is 285 g/mol. The summed E-state index contributed by atoms with van der Waals surface area (Å²) < 4.78 is 5.72. The molecule has 1 aromatic heterocycles. The molecule has 0 amide bonds. The van der Waals surface area contributed by atoms with Gasteiger partial charge in [-0.1, -0.05) is 27.7 Å². The fourth-order valence-corrected chi connectivity index (χ4v) is 3.05. The number of nitrogens with two attached hydrogens (primary N) is 1. The van der Waals surface area contributed by atoms with E-state index in [4.69, 9.17) is 15.6 Å². The number of nitrogens with one attached hydrogen (secondary N) is 1. The summed E-state index contributed by atoms with van der Waals surface area (Å²) in [5.41, 5.74) is 4.12. The predicted octanol–water partition coefficient (Wildman–Crippen LogP) is 2.63. The molecular weight excluding hydrogens is 258 g/mol. The molecule has 5 heteroatoms. The molecule has 0 aromatic carbocycles. The van der Waals surface area contributed by atoms with Crippen molar-refractivity contribution >= 4 is 11.3 Å². The van der Waals surface area contributed by atoms with Crippen molar-refractivity contribution in [2.24, 2.45) is 5.84 Å². The monoisotopic (exact) mass is 285 g/mol. The summed E-state index contributed by atoms with van der Waals surface area (Å²) in [5.74, 6) is 5.67. The van der Waals surface area contributed by atoms with Crippen LogP contribution in [0.15, 0.2) is 5.38 Å². The molecule has 0 saturated carbocycles. The van der Waals surface area contributed by atoms with Crippen molar-refractivity contribution in [2.45, 2.75) is 65.0 Å². The van der Waals surface area contributed by atoms with E-state index in [-0.39, 0.29) is 17.6 Å². The van der Waals surface area contributed by atoms with Crippen molar-refractivity contribution in [3.63, 3.8) is 0 Å². The highest BCUT2D eigenvalue weighted by Crippen LogP contribution is 2.25. The van der Waals surface area contributed by atoms with Gasteiger partial charge in [-0.25, -0.2) is 4.98 Å². The van der Waals surface area contributed by atoms with Crippen LogP contribution in [0.5, 0.6) is 0 Å². The third-order valence-corrected chi connectivity index (χ3v) is 4.03. The fourth-order valence-electron chi connectivity index (χ4n) is 1.97. The SMILES string of the molecule is CCOC(CC)C(Cc1nc(C(C)(C)C)cs1)NN. The van der Waals surface area contributed by atoms with E-state index < -0.39 is 0 Å². The Kier molecular flexibility index (Phi) is 6.39. The van der Waals surface area contributed by atoms with Crippen molar-refractivity contribution in [1.29, 1.82) is 0 Å². The molecule has 0 aliphatic heterocycles. The number of ether oxygens (including phenoxy) is 1. The molecule has 0 bridgehead atoms. The summed E-state index contributed by atoms with van der Waals surface area (Å²) in [6.07, 6.45) is 1.90. The molecule has 0 fully saturated rings. The van der Waals surface area contributed by atoms with Crippen LogP contribution in [0.4, 0.5) is 0 Å². The normalized spacial score (nSPS) is 15.5. The highest BCUT2D eigenvalue weighted by Gasteiger charge is 2.23. The van der Waals surface area contributed by atoms with Gasteiger partial charge in [-0.15, -0.1) is 11.3 Å². The second-order valence-electron chi connectivity index (χ2n) is 5.76. The van der Waals surface area contributed by atoms with Crippen LogP contribution in [0.3, 0.4) is 0 Å². The lowest BCUT2D eigenvalue weighted by molar-refractivity contribution is 0.0319. The minimum absolute atomic E-state index is 0.102. The maximum absolute atomic E-state index is 5.72. The molecular formula is C14H27N3OS. The lowest BCUT2D eigenvalue weighted by atomic mass is 9.93. The summed E-state index contributed by atoms with van der Waals surface area (Å²) in [6, 6.07) is 0.115. The Balaban J connectivity index is 2.73. The molecule has 19 heavy (non-hydrogen) atoms. The van der Waals surface area contributed by atoms with E-state index in [0.29, 0.717) is 6.61 Å². The molecule has 2 atom stereocenters. The highest BCUT2D eigenvalue weighted by atomic mass is 32.1. The van der Waals surface area contributed by atoms with Crippen LogP contribution >= 0.6 is 11.3 Å². The number of aromatic nitrogens is 1. The van der Waals surface area contributed by atoms with Crippen molar-refractivity contribution in [1.82, 2.24) is 10.4 Å². The standard InChI is InChI=1S/C14H27N3OS/c1-6-11(18-7-2)10(17-15)8-13-16-12(9-19-13)14(3,4)5/h9-11,17H,6-8,15H2,1-5H3. The summed E-state index contributed by atoms with van der Waals surface area (Å²) >= 11 is 1.70. The molecule has 1 aromatic rings. The number of hydrogen-bond donors (Lipinski definition) is 2. The van der Waals surface area contributed by atoms with Crippen molar-refractivity contribution in [2.75, 3.05) is 6.61 Å². The maximum Gasteiger partial charge on any atom is 0.0945 e. The average Bonchev–Trinajstić information content (AvgIpc) is 2.82. The Hall–Kier alpha value is -0.490. The van der Waals surface area contributed by atoms with E-state index in [9.17, 15) is 0 Å². The Bertz CT molecular complexity index is 373. The Morgan fingerprint density at radius 3 is 2.53 bits per heavy atom. The first kappa shape index (κ1) is 16.6. The van der Waals surface area contributed by atoms with Crippen LogP contribution in [-0.2, 0) is 16.6 Å². The van der Waals surface area contributed by atoms with Gasteiger partial charge >= 0.3 is 0 Å². The van der Waals surface area contributed by atoms with Crippen LogP contribution < -0.4 is 11.3 Å². The first-order valence-electron chi connectivity index (χ1n) is 6.95. The number of hydrogen-bond acceptors (Lipinski definition) is 5. The summed E-state index contributed by atoms with van der Waals surface area (Å²) in [5, 5.41) is 3.26. The highest BCUT2D eigenvalue weighted by molar-refractivity contribution is 7.09. The van der Waals surface area contributed by atoms with Crippen LogP contribution in [0, 0.1) is 0 Å². The van der Waals surface area contributed by atoms with Gasteiger partial charge in [-0.2, -0.15) is 0 Å². The van der Waals surface area contributed by atoms with Gasteiger partial charge in [-0.05, 0) is 13.3 Å². The van der Waals surface area contributed by atoms with Crippen LogP contribution in [0.1, 0.15) is 51.7 Å². The van der Waals surface area contributed by atoms with Gasteiger partial charge in [0.1, 0.15) is 0 Å². The van der Waals surface area contributed by atoms with Gasteiger partial charge in [0.15, 0.2) is 0 Å². The van der Waals surface area contributed by atoms with Gasteiger partial charge in [-0.3, -0.25) is 11.3 Å². The van der Waals surface area contributed by atoms with E-state index in [1.165, 1.54) is 0 Å². The third kappa shape index (κ3) is 4.84. The smallest absolute Gasteiger partial charge is 0.0945 e. The molecule has 110 valence electrons. The Morgan fingerprint density at radius 1 is 1.42 bits per heavy atom. The van der Waals surface area contributed by atoms with Gasteiger partial charge in [0, 0.05) is 23.8 Å². The summed E-state index contributed by atoms with van der Waals surface area (Å²) in [6.45, 7) is 11.4. The lowest BCUT2D eigenvalue weighted by Gasteiger charge is -2.24. The van der Waals surface area contributed by atoms with E-state index in [0.717, 1.165) is 23.5 Å². The van der Waals surface area contributed by atoms with Crippen molar-refractivity contribution < 1.29 is 4.74 Å². The lowest BCUT2D eigenvalue weighted by Crippen LogP contribution is -2.46. The van der Waals surface area contributed by atoms with E-state index in [2.05, 4.69) is 38.5 Å². The van der Waals surface area contributed by atoms with Crippen molar-refractivity contribution in [3.8, 4) is 0 Å². The van der Waals surface area contributed by atoms with Gasteiger partial charge in [0.05, 0.1) is 22.8 Å². The minimum Gasteiger partial charge on any atom is -0.377 e. The predicted molar refractivity (Wildman–Crippen MR) is 81.3 cm³/mol. The molecule has 0 spiro atoms. The fraction of sp³-hybridized carbons (Fsp3) is 0.786. The third-order valence-electron chi connectivity index (χ3n) is 3.16. The van der Waals surface area contributed by atoms with E-state index in [1.807, 2.05) is 6.92 Å². The largest absolute Gasteiger partial charge is 0.377 e. The topological polar surface area (TPSA) is 60.2 Å². The molecule has 1 heterocycles. The first-order chi connectivity index (χ1) is 8.92. The summed E-state index contributed by atoms with van der Waals surface area (Å²) in [7, 11) is 0. The number of nitrogens with zero attached hydrogens (tertiary/aromatic N) is 1.